The Morgan fingerprint density at radius 3 is 2.67 bits per heavy atom. The number of anilines is 1. The molecule has 0 bridgehead atoms. The number of hydrogen-bond donors (Lipinski definition) is 2. The maximum Gasteiger partial charge on any atom is 0.319 e. The first-order valence-electron chi connectivity index (χ1n) is 8.84. The van der Waals surface area contributed by atoms with Crippen LogP contribution in [0, 0.1) is 0 Å². The lowest BCUT2D eigenvalue weighted by atomic mass is 10.1. The lowest BCUT2D eigenvalue weighted by Gasteiger charge is -2.20. The van der Waals surface area contributed by atoms with Gasteiger partial charge in [0.25, 0.3) is 5.91 Å². The minimum atomic E-state index is -0.266. The van der Waals surface area contributed by atoms with E-state index in [2.05, 4.69) is 10.6 Å². The van der Waals surface area contributed by atoms with Crippen molar-refractivity contribution in [3.05, 3.63) is 53.6 Å². The molecule has 0 aromatic heterocycles. The molecule has 142 valence electrons. The van der Waals surface area contributed by atoms with Crippen LogP contribution in [0.4, 0.5) is 10.5 Å². The predicted octanol–water partition coefficient (Wildman–Crippen LogP) is 2.87. The third-order valence-electron chi connectivity index (χ3n) is 4.26. The number of urea groups is 1. The minimum Gasteiger partial charge on any atom is -0.497 e. The van der Waals surface area contributed by atoms with E-state index in [4.69, 9.17) is 9.47 Å². The number of methoxy groups -OCH3 is 1. The molecule has 0 atom stereocenters. The van der Waals surface area contributed by atoms with Gasteiger partial charge in [-0.3, -0.25) is 4.79 Å². The smallest absolute Gasteiger partial charge is 0.319 e. The number of fused-ring (bicyclic) bond motifs is 1. The highest BCUT2D eigenvalue weighted by Gasteiger charge is 2.21. The molecule has 1 aliphatic rings. The number of rotatable bonds is 4. The largest absolute Gasteiger partial charge is 0.497 e. The summed E-state index contributed by atoms with van der Waals surface area (Å²) < 4.78 is 10.9. The van der Waals surface area contributed by atoms with Gasteiger partial charge < -0.3 is 25.0 Å². The summed E-state index contributed by atoms with van der Waals surface area (Å²) in [7, 11) is 1.59. The summed E-state index contributed by atoms with van der Waals surface area (Å²) in [6.45, 7) is 3.71. The number of nitrogens with one attached hydrogen (secondary N) is 2. The van der Waals surface area contributed by atoms with Gasteiger partial charge >= 0.3 is 6.03 Å². The van der Waals surface area contributed by atoms with Crippen molar-refractivity contribution >= 4 is 17.6 Å². The SMILES string of the molecule is CCNC(=O)Nc1ccc2c(c1)CN(C(=O)c1ccc(OC)cc1)CCO2. The highest BCUT2D eigenvalue weighted by atomic mass is 16.5. The van der Waals surface area contributed by atoms with Crippen molar-refractivity contribution in [3.63, 3.8) is 0 Å². The van der Waals surface area contributed by atoms with Crippen LogP contribution in [0.5, 0.6) is 11.5 Å². The fourth-order valence-electron chi connectivity index (χ4n) is 2.90. The van der Waals surface area contributed by atoms with Gasteiger partial charge in [0.1, 0.15) is 18.1 Å². The van der Waals surface area contributed by atoms with Crippen molar-refractivity contribution in [1.82, 2.24) is 10.2 Å². The van der Waals surface area contributed by atoms with E-state index in [1.807, 2.05) is 19.1 Å². The molecule has 3 amide bonds. The third-order valence-corrected chi connectivity index (χ3v) is 4.26. The topological polar surface area (TPSA) is 79.9 Å². The molecule has 0 aliphatic carbocycles. The second-order valence-electron chi connectivity index (χ2n) is 6.11. The van der Waals surface area contributed by atoms with Crippen LogP contribution in [0.3, 0.4) is 0 Å². The lowest BCUT2D eigenvalue weighted by Crippen LogP contribution is -2.32. The second-order valence-corrected chi connectivity index (χ2v) is 6.11. The standard InChI is InChI=1S/C20H23N3O4/c1-3-21-20(25)22-16-6-9-18-15(12-16)13-23(10-11-27-18)19(24)14-4-7-17(26-2)8-5-14/h4-9,12H,3,10-11,13H2,1-2H3,(H2,21,22,25). The lowest BCUT2D eigenvalue weighted by molar-refractivity contribution is 0.0733. The molecule has 0 saturated carbocycles. The van der Waals surface area contributed by atoms with Crippen molar-refractivity contribution < 1.29 is 19.1 Å². The Hall–Kier alpha value is -3.22. The van der Waals surface area contributed by atoms with Crippen molar-refractivity contribution in [2.45, 2.75) is 13.5 Å². The third kappa shape index (κ3) is 4.49. The first-order valence-corrected chi connectivity index (χ1v) is 8.84. The van der Waals surface area contributed by atoms with Gasteiger partial charge in [-0.15, -0.1) is 0 Å². The quantitative estimate of drug-likeness (QED) is 0.868. The number of ether oxygens (including phenoxy) is 2. The number of carbonyl (C=O) groups excluding carboxylic acids is 2. The van der Waals surface area contributed by atoms with Crippen LogP contribution in [0.15, 0.2) is 42.5 Å². The van der Waals surface area contributed by atoms with E-state index in [0.717, 1.165) is 11.3 Å². The van der Waals surface area contributed by atoms with Gasteiger partial charge in [0.2, 0.25) is 0 Å². The second kappa shape index (κ2) is 8.44. The van der Waals surface area contributed by atoms with Gasteiger partial charge in [0, 0.05) is 29.9 Å². The maximum atomic E-state index is 12.9. The molecule has 1 heterocycles. The van der Waals surface area contributed by atoms with Crippen molar-refractivity contribution in [2.24, 2.45) is 0 Å². The van der Waals surface area contributed by atoms with E-state index in [1.54, 1.807) is 42.3 Å². The molecular weight excluding hydrogens is 346 g/mol. The average Bonchev–Trinajstić information content (AvgIpc) is 2.89. The van der Waals surface area contributed by atoms with Crippen molar-refractivity contribution in [2.75, 3.05) is 32.1 Å². The molecule has 2 aromatic carbocycles. The summed E-state index contributed by atoms with van der Waals surface area (Å²) in [6.07, 6.45) is 0. The molecular formula is C20H23N3O4. The molecule has 2 aromatic rings. The number of benzene rings is 2. The first-order chi connectivity index (χ1) is 13.1. The van der Waals surface area contributed by atoms with E-state index in [1.165, 1.54) is 0 Å². The average molecular weight is 369 g/mol. The van der Waals surface area contributed by atoms with E-state index >= 15 is 0 Å². The Balaban J connectivity index is 1.77. The zero-order chi connectivity index (χ0) is 19.2. The summed E-state index contributed by atoms with van der Waals surface area (Å²) in [5, 5.41) is 5.47. The van der Waals surface area contributed by atoms with Crippen molar-refractivity contribution in [1.29, 1.82) is 0 Å². The van der Waals surface area contributed by atoms with Gasteiger partial charge in [0.15, 0.2) is 0 Å². The summed E-state index contributed by atoms with van der Waals surface area (Å²) in [6, 6.07) is 12.2. The summed E-state index contributed by atoms with van der Waals surface area (Å²) in [5.74, 6) is 1.36. The van der Waals surface area contributed by atoms with Crippen LogP contribution in [-0.4, -0.2) is 43.6 Å². The minimum absolute atomic E-state index is 0.0730. The molecule has 0 saturated heterocycles. The fraction of sp³-hybridized carbons (Fsp3) is 0.300. The molecule has 7 heteroatoms. The van der Waals surface area contributed by atoms with Gasteiger partial charge in [0.05, 0.1) is 13.7 Å². The molecule has 27 heavy (non-hydrogen) atoms. The Morgan fingerprint density at radius 2 is 1.96 bits per heavy atom. The van der Waals surface area contributed by atoms with Crippen LogP contribution < -0.4 is 20.1 Å². The van der Waals surface area contributed by atoms with Crippen molar-refractivity contribution in [3.8, 4) is 11.5 Å². The number of amides is 3. The molecule has 1 aliphatic heterocycles. The van der Waals surface area contributed by atoms with Crippen LogP contribution >= 0.6 is 0 Å². The highest BCUT2D eigenvalue weighted by molar-refractivity contribution is 5.94. The van der Waals surface area contributed by atoms with E-state index in [0.29, 0.717) is 43.2 Å². The normalized spacial score (nSPS) is 13.0. The molecule has 0 fully saturated rings. The van der Waals surface area contributed by atoms with Crippen LogP contribution in [-0.2, 0) is 6.54 Å². The Morgan fingerprint density at radius 1 is 1.19 bits per heavy atom. The zero-order valence-electron chi connectivity index (χ0n) is 15.5. The first kappa shape index (κ1) is 18.6. The van der Waals surface area contributed by atoms with Crippen LogP contribution in [0.25, 0.3) is 0 Å². The molecule has 0 spiro atoms. The van der Waals surface area contributed by atoms with Gasteiger partial charge in [-0.05, 0) is 49.4 Å². The van der Waals surface area contributed by atoms with Gasteiger partial charge in [-0.1, -0.05) is 0 Å². The molecule has 0 radical (unpaired) electrons. The molecule has 3 rings (SSSR count). The van der Waals surface area contributed by atoms with E-state index in [-0.39, 0.29) is 11.9 Å². The Bertz CT molecular complexity index is 820. The molecule has 0 unspecified atom stereocenters. The molecule has 7 nitrogen and oxygen atoms in total. The monoisotopic (exact) mass is 369 g/mol. The zero-order valence-corrected chi connectivity index (χ0v) is 15.5. The summed E-state index contributed by atoms with van der Waals surface area (Å²) in [5.41, 5.74) is 2.10. The summed E-state index contributed by atoms with van der Waals surface area (Å²) in [4.78, 5) is 26.3. The van der Waals surface area contributed by atoms with E-state index < -0.39 is 0 Å². The Labute approximate surface area is 158 Å². The van der Waals surface area contributed by atoms with E-state index in [9.17, 15) is 9.59 Å². The Kier molecular flexibility index (Phi) is 5.80. The number of nitrogens with zero attached hydrogens (tertiary/aromatic N) is 1. The van der Waals surface area contributed by atoms with Gasteiger partial charge in [-0.25, -0.2) is 4.79 Å². The summed E-state index contributed by atoms with van der Waals surface area (Å²) >= 11 is 0. The number of carbonyl (C=O) groups is 2. The fourth-order valence-corrected chi connectivity index (χ4v) is 2.90. The highest BCUT2D eigenvalue weighted by Crippen LogP contribution is 2.27. The number of hydrogen-bond acceptors (Lipinski definition) is 4. The van der Waals surface area contributed by atoms with Crippen LogP contribution in [0.1, 0.15) is 22.8 Å². The van der Waals surface area contributed by atoms with Gasteiger partial charge in [-0.2, -0.15) is 0 Å². The van der Waals surface area contributed by atoms with Crippen LogP contribution in [0.2, 0.25) is 0 Å². The molecule has 2 N–H and O–H groups in total. The maximum absolute atomic E-state index is 12.9. The predicted molar refractivity (Wildman–Crippen MR) is 102 cm³/mol.